The first kappa shape index (κ1) is 21.3. The molecule has 3 aromatic rings. The summed E-state index contributed by atoms with van der Waals surface area (Å²) in [4.78, 5) is 21.4. The number of hydrogen-bond acceptors (Lipinski definition) is 6. The number of nitrogens with zero attached hydrogens (tertiary/aromatic N) is 3. The number of oxazole rings is 1. The number of aromatic nitrogens is 1. The van der Waals surface area contributed by atoms with Gasteiger partial charge in [0.1, 0.15) is 11.3 Å². The van der Waals surface area contributed by atoms with Gasteiger partial charge in [-0.1, -0.05) is 19.1 Å². The minimum atomic E-state index is -3.53. The molecular weight excluding hydrogens is 421 g/mol. The number of rotatable bonds is 5. The third-order valence-electron chi connectivity index (χ3n) is 5.42. The lowest BCUT2D eigenvalue weighted by atomic mass is 10.1. The zero-order valence-corrected chi connectivity index (χ0v) is 18.2. The van der Waals surface area contributed by atoms with Crippen molar-refractivity contribution in [3.63, 3.8) is 0 Å². The topological polar surface area (TPSA) is 83.7 Å². The number of fused-ring (bicyclic) bond motifs is 1. The Morgan fingerprint density at radius 2 is 2.00 bits per heavy atom. The average Bonchev–Trinajstić information content (AvgIpc) is 3.16. The third-order valence-corrected chi connectivity index (χ3v) is 7.40. The molecule has 2 aromatic carbocycles. The van der Waals surface area contributed by atoms with Crippen LogP contribution in [-0.2, 0) is 9.84 Å². The molecular formula is C22H24FN3O4S. The fourth-order valence-corrected chi connectivity index (χ4v) is 5.44. The second-order valence-corrected chi connectivity index (χ2v) is 9.79. The Morgan fingerprint density at radius 3 is 2.74 bits per heavy atom. The van der Waals surface area contributed by atoms with Crippen molar-refractivity contribution in [1.82, 2.24) is 9.88 Å². The van der Waals surface area contributed by atoms with E-state index in [2.05, 4.69) is 4.98 Å². The monoisotopic (exact) mass is 445 g/mol. The van der Waals surface area contributed by atoms with Gasteiger partial charge in [0, 0.05) is 31.7 Å². The minimum Gasteiger partial charge on any atom is -0.423 e. The number of hydrogen-bond donors (Lipinski definition) is 0. The Bertz CT molecular complexity index is 1220. The van der Waals surface area contributed by atoms with Crippen LogP contribution in [0.25, 0.3) is 11.1 Å². The summed E-state index contributed by atoms with van der Waals surface area (Å²) in [6.07, 6.45) is 0.480. The molecule has 2 heterocycles. The second kappa shape index (κ2) is 8.30. The van der Waals surface area contributed by atoms with E-state index in [1.807, 2.05) is 11.8 Å². The molecule has 0 N–H and O–H groups in total. The Balaban J connectivity index is 1.55. The molecule has 7 nitrogen and oxygen atoms in total. The number of sulfone groups is 1. The van der Waals surface area contributed by atoms with Crippen LogP contribution in [0, 0.1) is 5.82 Å². The smallest absolute Gasteiger partial charge is 0.298 e. The maximum Gasteiger partial charge on any atom is 0.298 e. The van der Waals surface area contributed by atoms with Gasteiger partial charge in [-0.2, -0.15) is 4.98 Å². The van der Waals surface area contributed by atoms with Crippen molar-refractivity contribution in [2.24, 2.45) is 0 Å². The summed E-state index contributed by atoms with van der Waals surface area (Å²) in [6.45, 7) is 5.01. The van der Waals surface area contributed by atoms with Crippen molar-refractivity contribution < 1.29 is 22.0 Å². The molecule has 0 spiro atoms. The Labute approximate surface area is 180 Å². The summed E-state index contributed by atoms with van der Waals surface area (Å²) in [6, 6.07) is 10.7. The number of carbonyl (C=O) groups excluding carboxylic acids is 1. The molecule has 1 unspecified atom stereocenters. The maximum atomic E-state index is 13.4. The molecule has 0 aliphatic carbocycles. The number of piperazine rings is 1. The summed E-state index contributed by atoms with van der Waals surface area (Å²) in [7, 11) is -3.53. The molecule has 0 radical (unpaired) electrons. The molecule has 1 aromatic heterocycles. The van der Waals surface area contributed by atoms with E-state index in [9.17, 15) is 17.6 Å². The van der Waals surface area contributed by atoms with Crippen LogP contribution in [0.3, 0.4) is 0 Å². The highest BCUT2D eigenvalue weighted by Gasteiger charge is 2.32. The maximum absolute atomic E-state index is 13.4. The predicted octanol–water partition coefficient (Wildman–Crippen LogP) is 3.50. The number of benzene rings is 2. The van der Waals surface area contributed by atoms with Gasteiger partial charge in [0.15, 0.2) is 15.4 Å². The number of halogens is 1. The fraction of sp³-hybridized carbons (Fsp3) is 0.364. The van der Waals surface area contributed by atoms with Crippen molar-refractivity contribution in [2.45, 2.75) is 31.2 Å². The van der Waals surface area contributed by atoms with E-state index < -0.39 is 15.7 Å². The van der Waals surface area contributed by atoms with Crippen LogP contribution in [0.2, 0.25) is 0 Å². The first-order valence-electron chi connectivity index (χ1n) is 10.2. The summed E-state index contributed by atoms with van der Waals surface area (Å²) >= 11 is 0. The molecule has 0 bridgehead atoms. The zero-order valence-electron chi connectivity index (χ0n) is 17.4. The molecule has 164 valence electrons. The Kier molecular flexibility index (Phi) is 5.70. The lowest BCUT2D eigenvalue weighted by Gasteiger charge is -2.39. The van der Waals surface area contributed by atoms with Gasteiger partial charge in [-0.3, -0.25) is 4.79 Å². The van der Waals surface area contributed by atoms with Crippen LogP contribution in [-0.4, -0.2) is 55.6 Å². The predicted molar refractivity (Wildman–Crippen MR) is 115 cm³/mol. The third kappa shape index (κ3) is 4.14. The highest BCUT2D eigenvalue weighted by atomic mass is 32.2. The van der Waals surface area contributed by atoms with E-state index in [-0.39, 0.29) is 28.2 Å². The standard InChI is InChI=1S/C22H24FN3O4S/c1-3-12-31(28,29)20-7-5-4-6-17(20)21(27)26-11-10-25(14-15(26)2)22-24-18-9-8-16(23)13-19(18)30-22/h4-9,13,15H,3,10-12,14H2,1-2H3. The van der Waals surface area contributed by atoms with Gasteiger partial charge in [0.25, 0.3) is 11.9 Å². The largest absolute Gasteiger partial charge is 0.423 e. The van der Waals surface area contributed by atoms with Gasteiger partial charge in [-0.15, -0.1) is 0 Å². The normalized spacial score (nSPS) is 17.3. The molecule has 31 heavy (non-hydrogen) atoms. The Morgan fingerprint density at radius 1 is 1.23 bits per heavy atom. The van der Waals surface area contributed by atoms with Crippen molar-refractivity contribution in [3.8, 4) is 0 Å². The summed E-state index contributed by atoms with van der Waals surface area (Å²) in [5, 5.41) is 0. The molecule has 1 aliphatic rings. The molecule has 1 saturated heterocycles. The zero-order chi connectivity index (χ0) is 22.2. The highest BCUT2D eigenvalue weighted by molar-refractivity contribution is 7.91. The van der Waals surface area contributed by atoms with Crippen molar-refractivity contribution in [3.05, 3.63) is 53.8 Å². The molecule has 1 fully saturated rings. The molecule has 9 heteroatoms. The van der Waals surface area contributed by atoms with Crippen molar-refractivity contribution in [1.29, 1.82) is 0 Å². The number of amides is 1. The van der Waals surface area contributed by atoms with Gasteiger partial charge in [-0.25, -0.2) is 12.8 Å². The van der Waals surface area contributed by atoms with E-state index in [0.717, 1.165) is 0 Å². The molecule has 0 saturated carbocycles. The van der Waals surface area contributed by atoms with Crippen LogP contribution in [0.5, 0.6) is 0 Å². The van der Waals surface area contributed by atoms with Gasteiger partial charge in [-0.05, 0) is 37.6 Å². The van der Waals surface area contributed by atoms with Crippen molar-refractivity contribution >= 4 is 32.9 Å². The van der Waals surface area contributed by atoms with Crippen LogP contribution < -0.4 is 4.90 Å². The van der Waals surface area contributed by atoms with E-state index in [1.54, 1.807) is 36.1 Å². The minimum absolute atomic E-state index is 0.00105. The van der Waals surface area contributed by atoms with Gasteiger partial charge < -0.3 is 14.2 Å². The van der Waals surface area contributed by atoms with Crippen molar-refractivity contribution in [2.75, 3.05) is 30.3 Å². The molecule has 1 amide bonds. The quantitative estimate of drug-likeness (QED) is 0.598. The molecule has 1 atom stereocenters. The van der Waals surface area contributed by atoms with E-state index in [1.165, 1.54) is 18.2 Å². The number of anilines is 1. The lowest BCUT2D eigenvalue weighted by molar-refractivity contribution is 0.0667. The van der Waals surface area contributed by atoms with E-state index >= 15 is 0 Å². The van der Waals surface area contributed by atoms with Crippen LogP contribution in [0.15, 0.2) is 51.8 Å². The molecule has 4 rings (SSSR count). The van der Waals surface area contributed by atoms with Gasteiger partial charge in [0.05, 0.1) is 16.2 Å². The first-order valence-corrected chi connectivity index (χ1v) is 11.9. The summed E-state index contributed by atoms with van der Waals surface area (Å²) < 4.78 is 44.4. The van der Waals surface area contributed by atoms with Crippen LogP contribution in [0.1, 0.15) is 30.6 Å². The van der Waals surface area contributed by atoms with Gasteiger partial charge in [0.2, 0.25) is 0 Å². The first-order chi connectivity index (χ1) is 14.8. The van der Waals surface area contributed by atoms with Gasteiger partial charge >= 0.3 is 0 Å². The van der Waals surface area contributed by atoms with Crippen LogP contribution >= 0.6 is 0 Å². The highest BCUT2D eigenvalue weighted by Crippen LogP contribution is 2.26. The second-order valence-electron chi connectivity index (χ2n) is 7.72. The summed E-state index contributed by atoms with van der Waals surface area (Å²) in [5.74, 6) is -0.698. The number of carbonyl (C=O) groups is 1. The van der Waals surface area contributed by atoms with Crippen LogP contribution in [0.4, 0.5) is 10.4 Å². The fourth-order valence-electron chi connectivity index (χ4n) is 3.90. The SMILES string of the molecule is CCCS(=O)(=O)c1ccccc1C(=O)N1CCN(c2nc3ccc(F)cc3o2)CC1C. The average molecular weight is 446 g/mol. The Hall–Kier alpha value is -2.94. The lowest BCUT2D eigenvalue weighted by Crippen LogP contribution is -2.54. The van der Waals surface area contributed by atoms with E-state index in [0.29, 0.717) is 43.2 Å². The van der Waals surface area contributed by atoms with E-state index in [4.69, 9.17) is 4.42 Å². The summed E-state index contributed by atoms with van der Waals surface area (Å²) in [5.41, 5.74) is 1.14. The molecule has 1 aliphatic heterocycles.